The van der Waals surface area contributed by atoms with Crippen LogP contribution in [0.3, 0.4) is 0 Å². The lowest BCUT2D eigenvalue weighted by Crippen LogP contribution is -2.33. The van der Waals surface area contributed by atoms with Gasteiger partial charge in [0, 0.05) is 30.5 Å². The lowest BCUT2D eigenvalue weighted by atomic mass is 10.2. The molecule has 0 aliphatic carbocycles. The average molecular weight is 244 g/mol. The van der Waals surface area contributed by atoms with E-state index in [0.717, 1.165) is 18.8 Å². The summed E-state index contributed by atoms with van der Waals surface area (Å²) in [6.45, 7) is 2.21. The van der Waals surface area contributed by atoms with Crippen LogP contribution < -0.4 is 9.80 Å². The standard InChI is InChI=1S/C14H16N2O2/c17-13-7-8-14(18)16(13)12-5-3-11(4-6-12)15-9-1-2-10-15/h3-8,13,17H,1-2,9-10H2. The average Bonchev–Trinajstić information content (AvgIpc) is 3.01. The van der Waals surface area contributed by atoms with E-state index >= 15 is 0 Å². The van der Waals surface area contributed by atoms with Gasteiger partial charge in [0.05, 0.1) is 0 Å². The molecule has 4 heteroatoms. The Hall–Kier alpha value is -1.81. The molecule has 1 atom stereocenters. The minimum Gasteiger partial charge on any atom is -0.372 e. The van der Waals surface area contributed by atoms with Crippen molar-refractivity contribution in [3.05, 3.63) is 36.4 Å². The molecule has 0 bridgehead atoms. The second-order valence-corrected chi connectivity index (χ2v) is 4.69. The molecule has 1 fully saturated rings. The van der Waals surface area contributed by atoms with Gasteiger partial charge in [-0.25, -0.2) is 0 Å². The largest absolute Gasteiger partial charge is 0.372 e. The maximum absolute atomic E-state index is 11.6. The normalized spacial score (nSPS) is 23.2. The summed E-state index contributed by atoms with van der Waals surface area (Å²) in [5.74, 6) is -0.170. The Morgan fingerprint density at radius 1 is 1.06 bits per heavy atom. The van der Waals surface area contributed by atoms with Crippen LogP contribution in [0.25, 0.3) is 0 Å². The Kier molecular flexibility index (Phi) is 2.80. The van der Waals surface area contributed by atoms with Crippen LogP contribution in [0.1, 0.15) is 12.8 Å². The lowest BCUT2D eigenvalue weighted by molar-refractivity contribution is -0.114. The molecule has 2 heterocycles. The highest BCUT2D eigenvalue weighted by Crippen LogP contribution is 2.26. The van der Waals surface area contributed by atoms with Crippen molar-refractivity contribution in [3.8, 4) is 0 Å². The van der Waals surface area contributed by atoms with E-state index in [0.29, 0.717) is 0 Å². The molecule has 2 aliphatic rings. The zero-order chi connectivity index (χ0) is 12.5. The second-order valence-electron chi connectivity index (χ2n) is 4.69. The van der Waals surface area contributed by atoms with Gasteiger partial charge in [-0.2, -0.15) is 0 Å². The number of hydrogen-bond acceptors (Lipinski definition) is 3. The minimum atomic E-state index is -0.838. The van der Waals surface area contributed by atoms with Gasteiger partial charge in [-0.3, -0.25) is 9.69 Å². The summed E-state index contributed by atoms with van der Waals surface area (Å²) in [5.41, 5.74) is 1.92. The van der Waals surface area contributed by atoms with Crippen LogP contribution in [-0.4, -0.2) is 30.3 Å². The highest BCUT2D eigenvalue weighted by molar-refractivity contribution is 6.04. The first-order valence-electron chi connectivity index (χ1n) is 6.30. The van der Waals surface area contributed by atoms with Gasteiger partial charge < -0.3 is 10.0 Å². The highest BCUT2D eigenvalue weighted by atomic mass is 16.3. The summed E-state index contributed by atoms with van der Waals surface area (Å²) in [5, 5.41) is 9.70. The van der Waals surface area contributed by atoms with Gasteiger partial charge in [0.25, 0.3) is 5.91 Å². The van der Waals surface area contributed by atoms with Crippen molar-refractivity contribution < 1.29 is 9.90 Å². The first kappa shape index (κ1) is 11.3. The number of hydrogen-bond donors (Lipinski definition) is 1. The van der Waals surface area contributed by atoms with E-state index in [2.05, 4.69) is 4.90 Å². The van der Waals surface area contributed by atoms with Crippen LogP contribution in [-0.2, 0) is 4.79 Å². The number of amides is 1. The highest BCUT2D eigenvalue weighted by Gasteiger charge is 2.25. The van der Waals surface area contributed by atoms with Crippen molar-refractivity contribution in [1.29, 1.82) is 0 Å². The van der Waals surface area contributed by atoms with Gasteiger partial charge in [0.15, 0.2) is 6.23 Å². The van der Waals surface area contributed by atoms with Crippen LogP contribution >= 0.6 is 0 Å². The molecule has 94 valence electrons. The fourth-order valence-electron chi connectivity index (χ4n) is 2.54. The van der Waals surface area contributed by atoms with Crippen molar-refractivity contribution in [2.75, 3.05) is 22.9 Å². The summed E-state index contributed by atoms with van der Waals surface area (Å²) >= 11 is 0. The molecule has 1 aromatic carbocycles. The Morgan fingerprint density at radius 2 is 1.67 bits per heavy atom. The van der Waals surface area contributed by atoms with Gasteiger partial charge in [0.1, 0.15) is 0 Å². The molecule has 0 aromatic heterocycles. The summed E-state index contributed by atoms with van der Waals surface area (Å²) in [6, 6.07) is 7.81. The number of rotatable bonds is 2. The maximum atomic E-state index is 11.6. The molecule has 1 saturated heterocycles. The Bertz CT molecular complexity index is 475. The zero-order valence-electron chi connectivity index (χ0n) is 10.1. The number of nitrogens with zero attached hydrogens (tertiary/aromatic N) is 2. The number of carbonyl (C=O) groups excluding carboxylic acids is 1. The molecule has 0 spiro atoms. The topological polar surface area (TPSA) is 43.8 Å². The quantitative estimate of drug-likeness (QED) is 0.857. The van der Waals surface area contributed by atoms with Gasteiger partial charge in [-0.1, -0.05) is 0 Å². The van der Waals surface area contributed by atoms with Crippen molar-refractivity contribution in [2.45, 2.75) is 19.1 Å². The maximum Gasteiger partial charge on any atom is 0.253 e. The van der Waals surface area contributed by atoms with Gasteiger partial charge in [0.2, 0.25) is 0 Å². The molecule has 1 aromatic rings. The van der Waals surface area contributed by atoms with E-state index in [1.54, 1.807) is 0 Å². The third kappa shape index (κ3) is 1.88. The predicted octanol–water partition coefficient (Wildman–Crippen LogP) is 1.51. The van der Waals surface area contributed by atoms with Crippen molar-refractivity contribution in [2.24, 2.45) is 0 Å². The second kappa shape index (κ2) is 4.46. The minimum absolute atomic E-state index is 0.170. The summed E-state index contributed by atoms with van der Waals surface area (Å²) < 4.78 is 0. The lowest BCUT2D eigenvalue weighted by Gasteiger charge is -2.22. The smallest absolute Gasteiger partial charge is 0.253 e. The van der Waals surface area contributed by atoms with E-state index in [1.807, 2.05) is 24.3 Å². The molecule has 4 nitrogen and oxygen atoms in total. The van der Waals surface area contributed by atoms with E-state index in [9.17, 15) is 9.90 Å². The van der Waals surface area contributed by atoms with Crippen LogP contribution in [0.4, 0.5) is 11.4 Å². The summed E-state index contributed by atoms with van der Waals surface area (Å²) in [7, 11) is 0. The first-order valence-corrected chi connectivity index (χ1v) is 6.30. The molecule has 3 rings (SSSR count). The molecule has 2 aliphatic heterocycles. The van der Waals surface area contributed by atoms with Crippen molar-refractivity contribution >= 4 is 17.3 Å². The molecule has 0 radical (unpaired) electrons. The monoisotopic (exact) mass is 244 g/mol. The van der Waals surface area contributed by atoms with Crippen LogP contribution in [0.15, 0.2) is 36.4 Å². The Morgan fingerprint density at radius 3 is 2.22 bits per heavy atom. The van der Waals surface area contributed by atoms with E-state index in [1.165, 1.54) is 35.6 Å². The summed E-state index contributed by atoms with van der Waals surface area (Å²) in [4.78, 5) is 15.3. The Balaban J connectivity index is 1.80. The summed E-state index contributed by atoms with van der Waals surface area (Å²) in [6.07, 6.45) is 4.55. The van der Waals surface area contributed by atoms with Crippen LogP contribution in [0, 0.1) is 0 Å². The molecule has 0 saturated carbocycles. The third-order valence-corrected chi connectivity index (χ3v) is 3.51. The number of benzene rings is 1. The van der Waals surface area contributed by atoms with E-state index in [-0.39, 0.29) is 5.91 Å². The van der Waals surface area contributed by atoms with Crippen molar-refractivity contribution in [3.63, 3.8) is 0 Å². The van der Waals surface area contributed by atoms with Crippen molar-refractivity contribution in [1.82, 2.24) is 0 Å². The molecular formula is C14H16N2O2. The molecule has 1 unspecified atom stereocenters. The molecular weight excluding hydrogens is 228 g/mol. The van der Waals surface area contributed by atoms with Gasteiger partial charge in [-0.15, -0.1) is 0 Å². The molecule has 18 heavy (non-hydrogen) atoms. The van der Waals surface area contributed by atoms with E-state index < -0.39 is 6.23 Å². The zero-order valence-corrected chi connectivity index (χ0v) is 10.1. The number of aliphatic hydroxyl groups is 1. The fourth-order valence-corrected chi connectivity index (χ4v) is 2.54. The number of anilines is 2. The third-order valence-electron chi connectivity index (χ3n) is 3.51. The van der Waals surface area contributed by atoms with Gasteiger partial charge >= 0.3 is 0 Å². The number of carbonyl (C=O) groups is 1. The predicted molar refractivity (Wildman–Crippen MR) is 70.5 cm³/mol. The molecule has 1 amide bonds. The van der Waals surface area contributed by atoms with Gasteiger partial charge in [-0.05, 0) is 43.2 Å². The van der Waals surface area contributed by atoms with Crippen LogP contribution in [0.2, 0.25) is 0 Å². The van der Waals surface area contributed by atoms with Crippen LogP contribution in [0.5, 0.6) is 0 Å². The SMILES string of the molecule is O=C1C=CC(O)N1c1ccc(N2CCCC2)cc1. The fraction of sp³-hybridized carbons (Fsp3) is 0.357. The Labute approximate surface area is 106 Å². The number of aliphatic hydroxyl groups excluding tert-OH is 1. The molecule has 1 N–H and O–H groups in total. The van der Waals surface area contributed by atoms with E-state index in [4.69, 9.17) is 0 Å². The first-order chi connectivity index (χ1) is 8.75.